The Labute approximate surface area is 278 Å². The molecule has 0 saturated heterocycles. The second-order valence-electron chi connectivity index (χ2n) is 14.3. The number of allylic oxidation sites excluding steroid dienone is 15. The van der Waals surface area contributed by atoms with E-state index in [1.807, 2.05) is 0 Å². The summed E-state index contributed by atoms with van der Waals surface area (Å²) in [6.07, 6.45) is 40.1. The fourth-order valence-electron chi connectivity index (χ4n) is 8.97. The van der Waals surface area contributed by atoms with Gasteiger partial charge in [0.25, 0.3) is 5.84 Å². The zero-order valence-corrected chi connectivity index (χ0v) is 27.4. The molecule has 3 heterocycles. The van der Waals surface area contributed by atoms with E-state index in [1.54, 1.807) is 0 Å². The highest BCUT2D eigenvalue weighted by Crippen LogP contribution is 2.50. The van der Waals surface area contributed by atoms with Crippen LogP contribution in [0.25, 0.3) is 0 Å². The average molecular weight is 615 g/mol. The van der Waals surface area contributed by atoms with E-state index < -0.39 is 0 Å². The van der Waals surface area contributed by atoms with Crippen LogP contribution in [-0.4, -0.2) is 40.1 Å². The summed E-state index contributed by atoms with van der Waals surface area (Å²) in [6, 6.07) is 11.2. The smallest absolute Gasteiger partial charge is 0.324 e. The molecular formula is C43H42N4+2. The molecule has 6 atom stereocenters. The van der Waals surface area contributed by atoms with Crippen molar-refractivity contribution in [2.24, 2.45) is 17.3 Å². The van der Waals surface area contributed by atoms with Crippen molar-refractivity contribution >= 4 is 17.8 Å². The number of hydrogen-bond donors (Lipinski definition) is 2. The summed E-state index contributed by atoms with van der Waals surface area (Å²) in [5.41, 5.74) is 11.1. The van der Waals surface area contributed by atoms with Gasteiger partial charge < -0.3 is 5.32 Å². The van der Waals surface area contributed by atoms with Crippen LogP contribution in [0.4, 0.5) is 0 Å². The monoisotopic (exact) mass is 614 g/mol. The van der Waals surface area contributed by atoms with Crippen LogP contribution in [-0.2, 0) is 0 Å². The number of fused-ring (bicyclic) bond motifs is 5. The minimum absolute atomic E-state index is 0.164. The van der Waals surface area contributed by atoms with Gasteiger partial charge in [-0.15, -0.1) is 0 Å². The Morgan fingerprint density at radius 2 is 1.74 bits per heavy atom. The molecule has 0 fully saturated rings. The van der Waals surface area contributed by atoms with Gasteiger partial charge in [-0.05, 0) is 72.8 Å². The van der Waals surface area contributed by atoms with E-state index >= 15 is 0 Å². The molecule has 232 valence electrons. The number of hydrogen-bond acceptors (Lipinski definition) is 2. The molecule has 0 aromatic heterocycles. The van der Waals surface area contributed by atoms with E-state index in [0.717, 1.165) is 19.3 Å². The SMILES string of the molecule is CC1C=CC=CC1[N+]1=C(c2ccccc2)NC1(C)C1C=CC(C2=C3C=CC4=CC=C5C(C6=CCCC=C6)=CNC5C4(C)C3=[N+]=C2)=CC1. The van der Waals surface area contributed by atoms with Gasteiger partial charge in [0.15, 0.2) is 0 Å². The molecule has 2 N–H and O–H groups in total. The Morgan fingerprint density at radius 1 is 0.872 bits per heavy atom. The maximum Gasteiger partial charge on any atom is 0.324 e. The number of rotatable bonds is 5. The molecule has 0 amide bonds. The highest BCUT2D eigenvalue weighted by Gasteiger charge is 2.58. The Morgan fingerprint density at radius 3 is 2.53 bits per heavy atom. The van der Waals surface area contributed by atoms with Crippen LogP contribution in [0.15, 0.2) is 161 Å². The number of nitrogens with zero attached hydrogens (tertiary/aromatic N) is 2. The highest BCUT2D eigenvalue weighted by atomic mass is 15.4. The molecule has 0 saturated carbocycles. The van der Waals surface area contributed by atoms with Gasteiger partial charge in [0.1, 0.15) is 11.5 Å². The lowest BCUT2D eigenvalue weighted by atomic mass is 9.62. The molecule has 4 nitrogen and oxygen atoms in total. The highest BCUT2D eigenvalue weighted by molar-refractivity contribution is 6.19. The molecular weight excluding hydrogens is 573 g/mol. The van der Waals surface area contributed by atoms with Crippen molar-refractivity contribution < 1.29 is 4.58 Å². The third kappa shape index (κ3) is 4.14. The largest absolute Gasteiger partial charge is 0.382 e. The van der Waals surface area contributed by atoms with Crippen molar-refractivity contribution in [3.05, 3.63) is 166 Å². The van der Waals surface area contributed by atoms with E-state index in [2.05, 4.69) is 164 Å². The van der Waals surface area contributed by atoms with Crippen LogP contribution in [0, 0.1) is 17.3 Å². The second kappa shape index (κ2) is 10.6. The molecule has 47 heavy (non-hydrogen) atoms. The van der Waals surface area contributed by atoms with E-state index in [-0.39, 0.29) is 17.1 Å². The van der Waals surface area contributed by atoms with Crippen molar-refractivity contribution in [2.45, 2.75) is 57.8 Å². The second-order valence-corrected chi connectivity index (χ2v) is 14.3. The Hall–Kier alpha value is -4.92. The van der Waals surface area contributed by atoms with Gasteiger partial charge in [-0.2, -0.15) is 0 Å². The first kappa shape index (κ1) is 28.3. The van der Waals surface area contributed by atoms with Gasteiger partial charge in [0.05, 0.1) is 28.7 Å². The summed E-state index contributed by atoms with van der Waals surface area (Å²) >= 11 is 0. The lowest BCUT2D eigenvalue weighted by Gasteiger charge is -2.46. The zero-order valence-electron chi connectivity index (χ0n) is 27.4. The number of nitrogens with one attached hydrogen (secondary N) is 2. The number of amidine groups is 1. The van der Waals surface area contributed by atoms with Gasteiger partial charge in [-0.3, -0.25) is 0 Å². The lowest BCUT2D eigenvalue weighted by molar-refractivity contribution is -0.673. The molecule has 4 heteroatoms. The van der Waals surface area contributed by atoms with Gasteiger partial charge >= 0.3 is 11.9 Å². The molecule has 0 spiro atoms. The van der Waals surface area contributed by atoms with Crippen LogP contribution in [0.3, 0.4) is 0 Å². The molecule has 8 aliphatic rings. The van der Waals surface area contributed by atoms with Crippen LogP contribution in [0.5, 0.6) is 0 Å². The van der Waals surface area contributed by atoms with Crippen molar-refractivity contribution in [2.75, 3.05) is 0 Å². The maximum atomic E-state index is 5.18. The summed E-state index contributed by atoms with van der Waals surface area (Å²) in [5, 5.41) is 7.73. The van der Waals surface area contributed by atoms with Crippen molar-refractivity contribution in [3.8, 4) is 0 Å². The first-order valence-corrected chi connectivity index (χ1v) is 17.3. The van der Waals surface area contributed by atoms with Crippen molar-refractivity contribution in [3.63, 3.8) is 0 Å². The van der Waals surface area contributed by atoms with Crippen LogP contribution < -0.4 is 15.3 Å². The molecule has 0 radical (unpaired) electrons. The first-order chi connectivity index (χ1) is 23.0. The zero-order chi connectivity index (χ0) is 31.8. The summed E-state index contributed by atoms with van der Waals surface area (Å²) in [7, 11) is 0. The normalized spacial score (nSPS) is 34.3. The van der Waals surface area contributed by atoms with Crippen molar-refractivity contribution in [1.29, 1.82) is 0 Å². The molecule has 6 unspecified atom stereocenters. The fourth-order valence-corrected chi connectivity index (χ4v) is 8.97. The molecule has 9 rings (SSSR count). The standard InChI is InChI=1S/C43H40N4/c1-28-12-10-11-17-38(28)47-41(31-15-8-5-9-16-31)46-43(47,3)33-20-18-30(19-21-33)37-27-45-40-35(37)25-23-32-22-24-34-36(29-13-6-4-7-14-29)26-44-39(34)42(32,40)2/h5-6,8-20,22-28,33,38-39H,4,7,21H2,1-3H3/p+2. The third-order valence-corrected chi connectivity index (χ3v) is 11.7. The molecule has 3 aliphatic heterocycles. The topological polar surface area (TPSA) is 41.2 Å². The summed E-state index contributed by atoms with van der Waals surface area (Å²) in [4.78, 5) is 0. The first-order valence-electron chi connectivity index (χ1n) is 17.3. The quantitative estimate of drug-likeness (QED) is 0.281. The average Bonchev–Trinajstić information content (AvgIpc) is 3.75. The van der Waals surface area contributed by atoms with Crippen LogP contribution in [0.1, 0.15) is 45.6 Å². The van der Waals surface area contributed by atoms with Gasteiger partial charge in [-0.25, -0.2) is 9.89 Å². The Balaban J connectivity index is 0.998. The molecule has 1 aromatic carbocycles. The molecule has 0 bridgehead atoms. The molecule has 5 aliphatic carbocycles. The molecule has 1 aromatic rings. The minimum Gasteiger partial charge on any atom is -0.382 e. The van der Waals surface area contributed by atoms with Crippen LogP contribution >= 0.6 is 0 Å². The van der Waals surface area contributed by atoms with E-state index in [1.165, 1.54) is 56.1 Å². The predicted molar refractivity (Wildman–Crippen MR) is 194 cm³/mol. The van der Waals surface area contributed by atoms with Crippen molar-refractivity contribution in [1.82, 2.24) is 15.3 Å². The Bertz CT molecular complexity index is 2040. The van der Waals surface area contributed by atoms with Gasteiger partial charge in [0, 0.05) is 24.6 Å². The minimum atomic E-state index is -0.239. The fraction of sp³-hybridized carbons (Fsp3) is 0.279. The summed E-state index contributed by atoms with van der Waals surface area (Å²) in [5.74, 6) is 1.98. The third-order valence-electron chi connectivity index (χ3n) is 11.7. The van der Waals surface area contributed by atoms with Gasteiger partial charge in [-0.1, -0.05) is 103 Å². The lowest BCUT2D eigenvalue weighted by Crippen LogP contribution is -2.74. The van der Waals surface area contributed by atoms with Crippen LogP contribution in [0.2, 0.25) is 0 Å². The Kier molecular flexibility index (Phi) is 6.36. The van der Waals surface area contributed by atoms with E-state index in [4.69, 9.17) is 4.67 Å². The maximum absolute atomic E-state index is 5.18. The number of benzene rings is 1. The summed E-state index contributed by atoms with van der Waals surface area (Å²) in [6.45, 7) is 7.08. The van der Waals surface area contributed by atoms with Gasteiger partial charge in [0.2, 0.25) is 5.66 Å². The van der Waals surface area contributed by atoms with E-state index in [0.29, 0.717) is 17.9 Å². The summed E-state index contributed by atoms with van der Waals surface area (Å²) < 4.78 is 7.82. The van der Waals surface area contributed by atoms with E-state index in [9.17, 15) is 0 Å². The predicted octanol–water partition coefficient (Wildman–Crippen LogP) is 6.86.